The van der Waals surface area contributed by atoms with E-state index < -0.39 is 0 Å². The summed E-state index contributed by atoms with van der Waals surface area (Å²) in [4.78, 5) is 4.20. The number of aryl methyl sites for hydroxylation is 1. The first-order valence-corrected chi connectivity index (χ1v) is 7.59. The lowest BCUT2D eigenvalue weighted by Gasteiger charge is -2.16. The summed E-state index contributed by atoms with van der Waals surface area (Å²) < 4.78 is 5.59. The van der Waals surface area contributed by atoms with E-state index in [1.165, 1.54) is 0 Å². The summed E-state index contributed by atoms with van der Waals surface area (Å²) in [7, 11) is 1.78. The number of aliphatic imine (C=N–C) groups is 1. The van der Waals surface area contributed by atoms with Crippen molar-refractivity contribution in [1.82, 2.24) is 10.6 Å². The van der Waals surface area contributed by atoms with Gasteiger partial charge < -0.3 is 15.1 Å². The van der Waals surface area contributed by atoms with Gasteiger partial charge >= 0.3 is 0 Å². The molecule has 4 nitrogen and oxygen atoms in total. The Morgan fingerprint density at radius 2 is 2.28 bits per heavy atom. The standard InChI is InChI=1S/C13H23N3OS/c1-10-6-7-12(17-10)11(2)16-13(14-3)15-8-5-9-18-4/h6-7,11H,5,8-9H2,1-4H3,(H2,14,15,16). The highest BCUT2D eigenvalue weighted by molar-refractivity contribution is 7.98. The minimum absolute atomic E-state index is 0.116. The van der Waals surface area contributed by atoms with Crippen molar-refractivity contribution in [2.45, 2.75) is 26.3 Å². The number of nitrogens with zero attached hydrogens (tertiary/aromatic N) is 1. The monoisotopic (exact) mass is 269 g/mol. The summed E-state index contributed by atoms with van der Waals surface area (Å²) in [5.41, 5.74) is 0. The molecule has 5 heteroatoms. The summed E-state index contributed by atoms with van der Waals surface area (Å²) in [6, 6.07) is 4.08. The Balaban J connectivity index is 2.38. The van der Waals surface area contributed by atoms with E-state index >= 15 is 0 Å². The average molecular weight is 269 g/mol. The number of thioether (sulfide) groups is 1. The molecule has 2 N–H and O–H groups in total. The van der Waals surface area contributed by atoms with Gasteiger partial charge in [-0.05, 0) is 44.4 Å². The zero-order valence-electron chi connectivity index (χ0n) is 11.6. The van der Waals surface area contributed by atoms with Crippen LogP contribution in [0.3, 0.4) is 0 Å². The van der Waals surface area contributed by atoms with Crippen LogP contribution in [-0.4, -0.2) is 31.6 Å². The first-order chi connectivity index (χ1) is 8.67. The quantitative estimate of drug-likeness (QED) is 0.473. The van der Waals surface area contributed by atoms with Gasteiger partial charge in [0.25, 0.3) is 0 Å². The topological polar surface area (TPSA) is 49.6 Å². The van der Waals surface area contributed by atoms with Crippen molar-refractivity contribution in [3.05, 3.63) is 23.7 Å². The fourth-order valence-corrected chi connectivity index (χ4v) is 2.01. The molecule has 0 spiro atoms. The van der Waals surface area contributed by atoms with Crippen LogP contribution < -0.4 is 10.6 Å². The highest BCUT2D eigenvalue weighted by atomic mass is 32.2. The van der Waals surface area contributed by atoms with Crippen molar-refractivity contribution < 1.29 is 4.42 Å². The molecular formula is C13H23N3OS. The maximum absolute atomic E-state index is 5.59. The normalized spacial score (nSPS) is 13.4. The van der Waals surface area contributed by atoms with Crippen molar-refractivity contribution in [1.29, 1.82) is 0 Å². The summed E-state index contributed by atoms with van der Waals surface area (Å²) in [6.45, 7) is 4.95. The Bertz CT molecular complexity index is 376. The number of nitrogens with one attached hydrogen (secondary N) is 2. The third-order valence-corrected chi connectivity index (χ3v) is 3.28. The van der Waals surface area contributed by atoms with Gasteiger partial charge in [0.05, 0.1) is 6.04 Å². The minimum atomic E-state index is 0.116. The Hall–Kier alpha value is -1.10. The molecule has 1 aromatic rings. The largest absolute Gasteiger partial charge is 0.464 e. The predicted octanol–water partition coefficient (Wildman–Crippen LogP) is 2.57. The lowest BCUT2D eigenvalue weighted by Crippen LogP contribution is -2.39. The smallest absolute Gasteiger partial charge is 0.191 e. The van der Waals surface area contributed by atoms with Crippen LogP contribution in [-0.2, 0) is 0 Å². The molecule has 18 heavy (non-hydrogen) atoms. The average Bonchev–Trinajstić information content (AvgIpc) is 2.79. The van der Waals surface area contributed by atoms with Crippen LogP contribution in [0.2, 0.25) is 0 Å². The van der Waals surface area contributed by atoms with Gasteiger partial charge in [0.2, 0.25) is 0 Å². The first kappa shape index (κ1) is 15.0. The SMILES string of the molecule is CN=C(NCCCSC)NC(C)c1ccc(C)o1. The second-order valence-electron chi connectivity index (χ2n) is 4.16. The molecule has 0 aromatic carbocycles. The number of furan rings is 1. The summed E-state index contributed by atoms with van der Waals surface area (Å²) in [5.74, 6) is 3.84. The molecule has 0 amide bonds. The van der Waals surface area contributed by atoms with Gasteiger partial charge in [0.1, 0.15) is 11.5 Å². The summed E-state index contributed by atoms with van der Waals surface area (Å²) in [5, 5.41) is 6.61. The van der Waals surface area contributed by atoms with Crippen LogP contribution in [0, 0.1) is 6.92 Å². The van der Waals surface area contributed by atoms with Crippen molar-refractivity contribution in [2.75, 3.05) is 25.6 Å². The molecule has 1 aromatic heterocycles. The van der Waals surface area contributed by atoms with Gasteiger partial charge in [0.15, 0.2) is 5.96 Å². The molecule has 0 fully saturated rings. The highest BCUT2D eigenvalue weighted by Gasteiger charge is 2.10. The minimum Gasteiger partial charge on any atom is -0.464 e. The molecule has 0 bridgehead atoms. The molecule has 0 saturated carbocycles. The van der Waals surface area contributed by atoms with E-state index in [2.05, 4.69) is 28.8 Å². The summed E-state index contributed by atoms with van der Waals surface area (Å²) >= 11 is 1.86. The molecule has 1 rings (SSSR count). The predicted molar refractivity (Wildman–Crippen MR) is 79.4 cm³/mol. The molecule has 0 aliphatic heterocycles. The van der Waals surface area contributed by atoms with E-state index in [0.29, 0.717) is 0 Å². The second-order valence-corrected chi connectivity index (χ2v) is 5.15. The van der Waals surface area contributed by atoms with Crippen LogP contribution in [0.4, 0.5) is 0 Å². The van der Waals surface area contributed by atoms with Gasteiger partial charge in [-0.25, -0.2) is 0 Å². The molecule has 1 unspecified atom stereocenters. The Labute approximate surface area is 114 Å². The lowest BCUT2D eigenvalue weighted by atomic mass is 10.2. The van der Waals surface area contributed by atoms with Crippen LogP contribution in [0.15, 0.2) is 21.5 Å². The highest BCUT2D eigenvalue weighted by Crippen LogP contribution is 2.15. The zero-order valence-corrected chi connectivity index (χ0v) is 12.4. The van der Waals surface area contributed by atoms with Crippen molar-refractivity contribution >= 4 is 17.7 Å². The molecule has 0 aliphatic rings. The van der Waals surface area contributed by atoms with E-state index in [1.807, 2.05) is 30.8 Å². The van der Waals surface area contributed by atoms with Crippen molar-refractivity contribution in [3.8, 4) is 0 Å². The molecule has 0 saturated heterocycles. The van der Waals surface area contributed by atoms with E-state index in [-0.39, 0.29) is 6.04 Å². The van der Waals surface area contributed by atoms with Gasteiger partial charge in [-0.15, -0.1) is 0 Å². The van der Waals surface area contributed by atoms with Crippen LogP contribution in [0.25, 0.3) is 0 Å². The third kappa shape index (κ3) is 5.04. The fourth-order valence-electron chi connectivity index (χ4n) is 1.58. The Morgan fingerprint density at radius 1 is 1.50 bits per heavy atom. The number of hydrogen-bond donors (Lipinski definition) is 2. The number of guanidine groups is 1. The Kier molecular flexibility index (Phi) is 6.72. The molecule has 1 heterocycles. The molecule has 1 atom stereocenters. The van der Waals surface area contributed by atoms with E-state index in [1.54, 1.807) is 7.05 Å². The zero-order chi connectivity index (χ0) is 13.4. The number of rotatable bonds is 6. The van der Waals surface area contributed by atoms with Crippen LogP contribution >= 0.6 is 11.8 Å². The molecule has 0 radical (unpaired) electrons. The summed E-state index contributed by atoms with van der Waals surface area (Å²) in [6.07, 6.45) is 3.25. The first-order valence-electron chi connectivity index (χ1n) is 6.19. The number of hydrogen-bond acceptors (Lipinski definition) is 3. The molecular weight excluding hydrogens is 246 g/mol. The maximum Gasteiger partial charge on any atom is 0.191 e. The molecule has 0 aliphatic carbocycles. The van der Waals surface area contributed by atoms with Crippen molar-refractivity contribution in [2.24, 2.45) is 4.99 Å². The van der Waals surface area contributed by atoms with Gasteiger partial charge in [-0.1, -0.05) is 0 Å². The van der Waals surface area contributed by atoms with Crippen LogP contribution in [0.5, 0.6) is 0 Å². The fraction of sp³-hybridized carbons (Fsp3) is 0.615. The Morgan fingerprint density at radius 3 is 2.83 bits per heavy atom. The van der Waals surface area contributed by atoms with Crippen molar-refractivity contribution in [3.63, 3.8) is 0 Å². The van der Waals surface area contributed by atoms with Gasteiger partial charge in [-0.2, -0.15) is 11.8 Å². The van der Waals surface area contributed by atoms with Crippen LogP contribution in [0.1, 0.15) is 30.9 Å². The lowest BCUT2D eigenvalue weighted by molar-refractivity contribution is 0.441. The van der Waals surface area contributed by atoms with E-state index in [4.69, 9.17) is 4.42 Å². The van der Waals surface area contributed by atoms with Gasteiger partial charge in [-0.3, -0.25) is 4.99 Å². The van der Waals surface area contributed by atoms with Gasteiger partial charge in [0, 0.05) is 13.6 Å². The van der Waals surface area contributed by atoms with E-state index in [9.17, 15) is 0 Å². The maximum atomic E-state index is 5.59. The molecule has 102 valence electrons. The van der Waals surface area contributed by atoms with E-state index in [0.717, 1.165) is 36.2 Å². The third-order valence-electron chi connectivity index (χ3n) is 2.58. The second kappa shape index (κ2) is 8.08.